The average Bonchev–Trinajstić information content (AvgIpc) is 2.83. The lowest BCUT2D eigenvalue weighted by Gasteiger charge is -2.24. The third-order valence-electron chi connectivity index (χ3n) is 4.03. The number of carboxylic acid groups (broad SMARTS) is 1. The maximum absolute atomic E-state index is 13.7. The highest BCUT2D eigenvalue weighted by Crippen LogP contribution is 2.38. The Hall–Kier alpha value is -2.18. The minimum Gasteiger partial charge on any atom is -0.478 e. The molecule has 1 aliphatic carbocycles. The summed E-state index contributed by atoms with van der Waals surface area (Å²) >= 11 is 0. The Labute approximate surface area is 121 Å². The number of aromatic carboxylic acids is 1. The van der Waals surface area contributed by atoms with E-state index in [1.54, 1.807) is 0 Å². The number of anilines is 1. The molecule has 21 heavy (non-hydrogen) atoms. The summed E-state index contributed by atoms with van der Waals surface area (Å²) in [4.78, 5) is 21.2. The average molecular weight is 296 g/mol. The van der Waals surface area contributed by atoms with Gasteiger partial charge in [0.1, 0.15) is 17.1 Å². The van der Waals surface area contributed by atoms with Crippen molar-refractivity contribution >= 4 is 17.3 Å². The van der Waals surface area contributed by atoms with Crippen LogP contribution in [0.15, 0.2) is 12.1 Å². The largest absolute Gasteiger partial charge is 0.478 e. The molecule has 1 aromatic carbocycles. The van der Waals surface area contributed by atoms with E-state index < -0.39 is 28.0 Å². The molecular formula is C14H17FN2O4. The van der Waals surface area contributed by atoms with E-state index in [-0.39, 0.29) is 11.1 Å². The Bertz CT molecular complexity index is 583. The predicted molar refractivity (Wildman–Crippen MR) is 75.1 cm³/mol. The van der Waals surface area contributed by atoms with Crippen LogP contribution in [-0.4, -0.2) is 22.5 Å². The van der Waals surface area contributed by atoms with Gasteiger partial charge in [-0.15, -0.1) is 0 Å². The zero-order valence-corrected chi connectivity index (χ0v) is 11.7. The zero-order valence-electron chi connectivity index (χ0n) is 11.7. The monoisotopic (exact) mass is 296 g/mol. The number of carboxylic acids is 1. The van der Waals surface area contributed by atoms with Crippen LogP contribution >= 0.6 is 0 Å². The second-order valence-electron chi connectivity index (χ2n) is 5.78. The van der Waals surface area contributed by atoms with E-state index in [9.17, 15) is 19.3 Å². The Morgan fingerprint density at radius 3 is 2.62 bits per heavy atom. The van der Waals surface area contributed by atoms with Crippen LogP contribution in [-0.2, 0) is 0 Å². The van der Waals surface area contributed by atoms with Crippen LogP contribution < -0.4 is 5.32 Å². The van der Waals surface area contributed by atoms with Crippen molar-refractivity contribution in [1.29, 1.82) is 0 Å². The molecule has 0 aliphatic heterocycles. The highest BCUT2D eigenvalue weighted by molar-refractivity contribution is 5.90. The highest BCUT2D eigenvalue weighted by Gasteiger charge is 2.29. The van der Waals surface area contributed by atoms with Crippen molar-refractivity contribution in [3.63, 3.8) is 0 Å². The molecule has 2 N–H and O–H groups in total. The van der Waals surface area contributed by atoms with Gasteiger partial charge in [-0.2, -0.15) is 0 Å². The van der Waals surface area contributed by atoms with Gasteiger partial charge in [0.2, 0.25) is 0 Å². The van der Waals surface area contributed by atoms with Crippen LogP contribution in [0.2, 0.25) is 0 Å². The normalized spacial score (nSPS) is 16.7. The third kappa shape index (κ3) is 3.29. The van der Waals surface area contributed by atoms with Gasteiger partial charge in [-0.25, -0.2) is 9.18 Å². The number of nitro groups is 1. The molecule has 0 amide bonds. The predicted octanol–water partition coefficient (Wildman–Crippen LogP) is 3.42. The van der Waals surface area contributed by atoms with Gasteiger partial charge in [-0.05, 0) is 18.3 Å². The van der Waals surface area contributed by atoms with Crippen molar-refractivity contribution in [3.05, 3.63) is 33.6 Å². The fraction of sp³-hybridized carbons (Fsp3) is 0.500. The summed E-state index contributed by atoms with van der Waals surface area (Å²) in [5, 5.41) is 22.8. The highest BCUT2D eigenvalue weighted by atomic mass is 19.1. The molecular weight excluding hydrogens is 279 g/mol. The van der Waals surface area contributed by atoms with Crippen molar-refractivity contribution < 1.29 is 19.2 Å². The second kappa shape index (κ2) is 5.67. The van der Waals surface area contributed by atoms with Crippen LogP contribution in [0.25, 0.3) is 0 Å². The standard InChI is InChI=1S/C14H17FN2O4/c1-14(4-2-3-5-14)8-16-11-7-10(15)9(13(18)19)6-12(11)17(20)21/h6-7,16H,2-5,8H2,1H3,(H,18,19). The molecule has 114 valence electrons. The summed E-state index contributed by atoms with van der Waals surface area (Å²) in [5.41, 5.74) is -1.05. The van der Waals surface area contributed by atoms with Gasteiger partial charge >= 0.3 is 5.97 Å². The Morgan fingerprint density at radius 1 is 1.48 bits per heavy atom. The molecule has 7 heteroatoms. The Balaban J connectivity index is 2.27. The Kier molecular flexibility index (Phi) is 4.11. The summed E-state index contributed by atoms with van der Waals surface area (Å²) in [6, 6.07) is 1.65. The van der Waals surface area contributed by atoms with Crippen LogP contribution in [0.1, 0.15) is 43.0 Å². The number of halogens is 1. The summed E-state index contributed by atoms with van der Waals surface area (Å²) < 4.78 is 13.7. The van der Waals surface area contributed by atoms with Gasteiger partial charge in [0.05, 0.1) is 4.92 Å². The van der Waals surface area contributed by atoms with E-state index in [0.717, 1.165) is 37.8 Å². The van der Waals surface area contributed by atoms with Gasteiger partial charge in [0, 0.05) is 18.7 Å². The third-order valence-corrected chi connectivity index (χ3v) is 4.03. The number of rotatable bonds is 5. The maximum Gasteiger partial charge on any atom is 0.338 e. The molecule has 0 spiro atoms. The fourth-order valence-electron chi connectivity index (χ4n) is 2.73. The van der Waals surface area contributed by atoms with E-state index in [1.807, 2.05) is 0 Å². The lowest BCUT2D eigenvalue weighted by atomic mass is 9.89. The number of nitrogens with one attached hydrogen (secondary N) is 1. The van der Waals surface area contributed by atoms with Gasteiger partial charge in [-0.3, -0.25) is 10.1 Å². The molecule has 6 nitrogen and oxygen atoms in total. The van der Waals surface area contributed by atoms with Crippen molar-refractivity contribution in [2.45, 2.75) is 32.6 Å². The fourth-order valence-corrected chi connectivity index (χ4v) is 2.73. The van der Waals surface area contributed by atoms with Gasteiger partial charge in [0.25, 0.3) is 5.69 Å². The number of hydrogen-bond donors (Lipinski definition) is 2. The molecule has 2 rings (SSSR count). The Morgan fingerprint density at radius 2 is 2.10 bits per heavy atom. The topological polar surface area (TPSA) is 92.5 Å². The lowest BCUT2D eigenvalue weighted by Crippen LogP contribution is -2.23. The zero-order chi connectivity index (χ0) is 15.6. The minimum absolute atomic E-state index is 0.0237. The summed E-state index contributed by atoms with van der Waals surface area (Å²) in [5.74, 6) is -2.50. The molecule has 1 aliphatic rings. The minimum atomic E-state index is -1.52. The summed E-state index contributed by atoms with van der Waals surface area (Å²) in [6.45, 7) is 2.58. The van der Waals surface area contributed by atoms with Crippen molar-refractivity contribution in [1.82, 2.24) is 0 Å². The molecule has 1 fully saturated rings. The first-order valence-corrected chi connectivity index (χ1v) is 6.77. The van der Waals surface area contributed by atoms with Crippen LogP contribution in [0.3, 0.4) is 0 Å². The number of nitro benzene ring substituents is 1. The van der Waals surface area contributed by atoms with E-state index in [2.05, 4.69) is 12.2 Å². The molecule has 1 aromatic rings. The summed E-state index contributed by atoms with van der Waals surface area (Å²) in [7, 11) is 0. The molecule has 0 unspecified atom stereocenters. The lowest BCUT2D eigenvalue weighted by molar-refractivity contribution is -0.384. The van der Waals surface area contributed by atoms with E-state index in [1.165, 1.54) is 0 Å². The smallest absolute Gasteiger partial charge is 0.338 e. The van der Waals surface area contributed by atoms with E-state index in [0.29, 0.717) is 6.54 Å². The maximum atomic E-state index is 13.7. The van der Waals surface area contributed by atoms with Crippen molar-refractivity contribution in [3.8, 4) is 0 Å². The van der Waals surface area contributed by atoms with E-state index >= 15 is 0 Å². The molecule has 0 saturated heterocycles. The number of nitrogens with zero attached hydrogens (tertiary/aromatic N) is 1. The molecule has 1 saturated carbocycles. The van der Waals surface area contributed by atoms with Crippen LogP contribution in [0, 0.1) is 21.3 Å². The first-order chi connectivity index (χ1) is 9.82. The van der Waals surface area contributed by atoms with Gasteiger partial charge in [0.15, 0.2) is 0 Å². The second-order valence-corrected chi connectivity index (χ2v) is 5.78. The van der Waals surface area contributed by atoms with Gasteiger partial charge < -0.3 is 10.4 Å². The van der Waals surface area contributed by atoms with Crippen molar-refractivity contribution in [2.24, 2.45) is 5.41 Å². The molecule has 0 heterocycles. The molecule has 0 radical (unpaired) electrons. The number of carbonyl (C=O) groups is 1. The van der Waals surface area contributed by atoms with Crippen molar-refractivity contribution in [2.75, 3.05) is 11.9 Å². The molecule has 0 aromatic heterocycles. The first kappa shape index (κ1) is 15.2. The number of hydrogen-bond acceptors (Lipinski definition) is 4. The molecule has 0 atom stereocenters. The SMILES string of the molecule is CC1(CNc2cc(F)c(C(=O)O)cc2[N+](=O)[O-])CCCC1. The first-order valence-electron chi connectivity index (χ1n) is 6.77. The van der Waals surface area contributed by atoms with Crippen LogP contribution in [0.5, 0.6) is 0 Å². The quantitative estimate of drug-likeness (QED) is 0.641. The van der Waals surface area contributed by atoms with Gasteiger partial charge in [-0.1, -0.05) is 19.8 Å². The molecule has 0 bridgehead atoms. The summed E-state index contributed by atoms with van der Waals surface area (Å²) in [6.07, 6.45) is 4.27. The van der Waals surface area contributed by atoms with E-state index in [4.69, 9.17) is 5.11 Å². The number of benzene rings is 1. The van der Waals surface area contributed by atoms with Crippen LogP contribution in [0.4, 0.5) is 15.8 Å².